The van der Waals surface area contributed by atoms with Gasteiger partial charge in [-0.2, -0.15) is 0 Å². The van der Waals surface area contributed by atoms with E-state index in [1.54, 1.807) is 6.20 Å². The fourth-order valence-corrected chi connectivity index (χ4v) is 2.78. The molecule has 2 atom stereocenters. The van der Waals surface area contributed by atoms with Crippen LogP contribution in [0.1, 0.15) is 12.1 Å². The number of hydrogen-bond acceptors (Lipinski definition) is 4. The van der Waals surface area contributed by atoms with Crippen LogP contribution >= 0.6 is 0 Å². The van der Waals surface area contributed by atoms with Crippen molar-refractivity contribution >= 4 is 10.8 Å². The number of rotatable bonds is 2. The third-order valence-corrected chi connectivity index (χ3v) is 3.83. The van der Waals surface area contributed by atoms with E-state index < -0.39 is 10.8 Å². The van der Waals surface area contributed by atoms with E-state index in [-0.39, 0.29) is 5.25 Å². The van der Waals surface area contributed by atoms with Gasteiger partial charge in [0.1, 0.15) is 0 Å². The van der Waals surface area contributed by atoms with Crippen LogP contribution in [-0.2, 0) is 10.8 Å². The van der Waals surface area contributed by atoms with Gasteiger partial charge in [-0.15, -0.1) is 0 Å². The Morgan fingerprint density at radius 2 is 2.50 bits per heavy atom. The van der Waals surface area contributed by atoms with E-state index in [1.165, 1.54) is 0 Å². The number of nitrogens with zero attached hydrogens (tertiary/aromatic N) is 2. The lowest BCUT2D eigenvalue weighted by Gasteiger charge is -2.06. The van der Waals surface area contributed by atoms with E-state index in [0.717, 1.165) is 25.2 Å². The van der Waals surface area contributed by atoms with Crippen molar-refractivity contribution in [1.29, 1.82) is 0 Å². The predicted molar refractivity (Wildman–Crippen MR) is 54.5 cm³/mol. The van der Waals surface area contributed by atoms with Gasteiger partial charge in [0.25, 0.3) is 0 Å². The zero-order valence-electron chi connectivity index (χ0n) is 8.06. The summed E-state index contributed by atoms with van der Waals surface area (Å²) in [5, 5.41) is 3.84. The lowest BCUT2D eigenvalue weighted by Crippen LogP contribution is -2.20. The second-order valence-electron chi connectivity index (χ2n) is 3.39. The van der Waals surface area contributed by atoms with Crippen molar-refractivity contribution in [3.8, 4) is 0 Å². The first-order valence-corrected chi connectivity index (χ1v) is 5.89. The first kappa shape index (κ1) is 9.73. The second-order valence-corrected chi connectivity index (χ2v) is 5.02. The number of hydrogen-bond donors (Lipinski definition) is 1. The molecule has 0 amide bonds. The molecule has 1 aromatic heterocycles. The molecule has 1 saturated heterocycles. The van der Waals surface area contributed by atoms with Gasteiger partial charge in [0, 0.05) is 18.4 Å². The highest BCUT2D eigenvalue weighted by molar-refractivity contribution is 7.85. The van der Waals surface area contributed by atoms with Crippen LogP contribution in [0.15, 0.2) is 17.4 Å². The molecular formula is C9H13N3OS. The van der Waals surface area contributed by atoms with Gasteiger partial charge in [0.2, 0.25) is 5.16 Å². The van der Waals surface area contributed by atoms with Crippen LogP contribution in [0.2, 0.25) is 0 Å². The normalized spacial score (nSPS) is 23.6. The van der Waals surface area contributed by atoms with Crippen molar-refractivity contribution < 1.29 is 4.21 Å². The molecule has 2 heterocycles. The SMILES string of the molecule is Cc1ccnc([S@](=O)[C@H]2CCNC2)n1. The van der Waals surface area contributed by atoms with Gasteiger partial charge in [-0.3, -0.25) is 4.21 Å². The van der Waals surface area contributed by atoms with Gasteiger partial charge in [-0.05, 0) is 26.0 Å². The largest absolute Gasteiger partial charge is 0.315 e. The van der Waals surface area contributed by atoms with Gasteiger partial charge in [0.05, 0.1) is 16.0 Å². The van der Waals surface area contributed by atoms with Crippen molar-refractivity contribution in [2.45, 2.75) is 23.8 Å². The predicted octanol–water partition coefficient (Wildman–Crippen LogP) is 0.255. The van der Waals surface area contributed by atoms with Crippen LogP contribution in [0.3, 0.4) is 0 Å². The van der Waals surface area contributed by atoms with E-state index in [0.29, 0.717) is 5.16 Å². The molecule has 2 rings (SSSR count). The third kappa shape index (κ3) is 1.99. The molecule has 1 aromatic rings. The Labute approximate surface area is 85.6 Å². The molecule has 1 aliphatic heterocycles. The van der Waals surface area contributed by atoms with E-state index in [9.17, 15) is 4.21 Å². The van der Waals surface area contributed by atoms with Crippen LogP contribution in [0.5, 0.6) is 0 Å². The highest BCUT2D eigenvalue weighted by Crippen LogP contribution is 2.12. The Morgan fingerprint density at radius 1 is 1.64 bits per heavy atom. The summed E-state index contributed by atoms with van der Waals surface area (Å²) in [5.41, 5.74) is 0.870. The summed E-state index contributed by atoms with van der Waals surface area (Å²) in [5.74, 6) is 0. The minimum Gasteiger partial charge on any atom is -0.315 e. The molecule has 0 spiro atoms. The second kappa shape index (κ2) is 4.14. The number of aryl methyl sites for hydroxylation is 1. The summed E-state index contributed by atoms with van der Waals surface area (Å²) < 4.78 is 11.9. The maximum Gasteiger partial charge on any atom is 0.218 e. The Balaban J connectivity index is 2.17. The lowest BCUT2D eigenvalue weighted by molar-refractivity contribution is 0.663. The average molecular weight is 211 g/mol. The monoisotopic (exact) mass is 211 g/mol. The topological polar surface area (TPSA) is 54.9 Å². The van der Waals surface area contributed by atoms with Gasteiger partial charge >= 0.3 is 0 Å². The Morgan fingerprint density at radius 3 is 3.14 bits per heavy atom. The third-order valence-electron chi connectivity index (χ3n) is 2.27. The fraction of sp³-hybridized carbons (Fsp3) is 0.556. The van der Waals surface area contributed by atoms with Gasteiger partial charge in [0.15, 0.2) is 0 Å². The summed E-state index contributed by atoms with van der Waals surface area (Å²) in [7, 11) is -1.05. The van der Waals surface area contributed by atoms with Crippen LogP contribution in [0.25, 0.3) is 0 Å². The fourth-order valence-electron chi connectivity index (χ4n) is 1.48. The molecule has 0 bridgehead atoms. The quantitative estimate of drug-likeness (QED) is 0.713. The van der Waals surface area contributed by atoms with Crippen molar-refractivity contribution in [2.75, 3.05) is 13.1 Å². The van der Waals surface area contributed by atoms with E-state index in [1.807, 2.05) is 13.0 Å². The summed E-state index contributed by atoms with van der Waals surface area (Å²) in [6, 6.07) is 1.81. The maximum atomic E-state index is 11.9. The molecule has 14 heavy (non-hydrogen) atoms. The highest BCUT2D eigenvalue weighted by atomic mass is 32.2. The van der Waals surface area contributed by atoms with Crippen LogP contribution in [-0.4, -0.2) is 32.5 Å². The summed E-state index contributed by atoms with van der Waals surface area (Å²) >= 11 is 0. The van der Waals surface area contributed by atoms with Crippen LogP contribution in [0, 0.1) is 6.92 Å². The lowest BCUT2D eigenvalue weighted by atomic mass is 10.4. The molecule has 0 unspecified atom stereocenters. The van der Waals surface area contributed by atoms with Crippen molar-refractivity contribution in [1.82, 2.24) is 15.3 Å². The van der Waals surface area contributed by atoms with Crippen LogP contribution < -0.4 is 5.32 Å². The Hall–Kier alpha value is -0.810. The Bertz CT molecular complexity index is 350. The molecule has 0 radical (unpaired) electrons. The summed E-state index contributed by atoms with van der Waals surface area (Å²) in [6.45, 7) is 3.64. The van der Waals surface area contributed by atoms with E-state index >= 15 is 0 Å². The number of aromatic nitrogens is 2. The zero-order chi connectivity index (χ0) is 9.97. The van der Waals surface area contributed by atoms with Gasteiger partial charge < -0.3 is 5.32 Å². The molecule has 0 saturated carbocycles. The molecule has 1 fully saturated rings. The Kier molecular flexibility index (Phi) is 2.88. The minimum atomic E-state index is -1.05. The molecule has 0 aliphatic carbocycles. The first-order chi connectivity index (χ1) is 6.77. The smallest absolute Gasteiger partial charge is 0.218 e. The van der Waals surface area contributed by atoms with E-state index in [2.05, 4.69) is 15.3 Å². The molecule has 1 aliphatic rings. The minimum absolute atomic E-state index is 0.178. The average Bonchev–Trinajstić information content (AvgIpc) is 2.69. The summed E-state index contributed by atoms with van der Waals surface area (Å²) in [4.78, 5) is 8.22. The molecule has 0 aromatic carbocycles. The molecule has 4 nitrogen and oxygen atoms in total. The van der Waals surface area contributed by atoms with Crippen molar-refractivity contribution in [3.05, 3.63) is 18.0 Å². The van der Waals surface area contributed by atoms with Crippen LogP contribution in [0.4, 0.5) is 0 Å². The maximum absolute atomic E-state index is 11.9. The standard InChI is InChI=1S/C9H13N3OS/c1-7-2-5-11-9(12-7)14(13)8-3-4-10-6-8/h2,5,8,10H,3-4,6H2,1H3/t8-,14+/m0/s1. The molecule has 1 N–H and O–H groups in total. The number of nitrogens with one attached hydrogen (secondary N) is 1. The molecule has 5 heteroatoms. The molecular weight excluding hydrogens is 198 g/mol. The van der Waals surface area contributed by atoms with Gasteiger partial charge in [-0.25, -0.2) is 9.97 Å². The van der Waals surface area contributed by atoms with Crippen molar-refractivity contribution in [3.63, 3.8) is 0 Å². The van der Waals surface area contributed by atoms with Gasteiger partial charge in [-0.1, -0.05) is 0 Å². The van der Waals surface area contributed by atoms with Crippen molar-refractivity contribution in [2.24, 2.45) is 0 Å². The first-order valence-electron chi connectivity index (χ1n) is 4.68. The van der Waals surface area contributed by atoms with E-state index in [4.69, 9.17) is 0 Å². The molecule has 76 valence electrons. The summed E-state index contributed by atoms with van der Waals surface area (Å²) in [6.07, 6.45) is 2.61. The highest BCUT2D eigenvalue weighted by Gasteiger charge is 2.23. The zero-order valence-corrected chi connectivity index (χ0v) is 8.88.